The molecule has 3 heteroatoms. The molecule has 0 aromatic carbocycles. The Balaban J connectivity index is 2.11. The molecule has 100 valence electrons. The smallest absolute Gasteiger partial charge is 0.156 e. The van der Waals surface area contributed by atoms with E-state index < -0.39 is 0 Å². The van der Waals surface area contributed by atoms with Gasteiger partial charge in [0.1, 0.15) is 0 Å². The summed E-state index contributed by atoms with van der Waals surface area (Å²) in [5, 5.41) is 4.72. The fourth-order valence-electron chi connectivity index (χ4n) is 2.07. The number of amidine groups is 1. The van der Waals surface area contributed by atoms with Crippen LogP contribution in [0.2, 0.25) is 0 Å². The van der Waals surface area contributed by atoms with Crippen LogP contribution >= 0.6 is 11.8 Å². The first-order valence-electron chi connectivity index (χ1n) is 7.01. The molecular weight excluding hydrogens is 228 g/mol. The third kappa shape index (κ3) is 6.97. The lowest BCUT2D eigenvalue weighted by molar-refractivity contribution is 0.502. The molecule has 0 amide bonds. The van der Waals surface area contributed by atoms with Gasteiger partial charge in [-0.2, -0.15) is 0 Å². The maximum absolute atomic E-state index is 4.65. The van der Waals surface area contributed by atoms with E-state index in [9.17, 15) is 0 Å². The van der Waals surface area contributed by atoms with E-state index in [0.717, 1.165) is 18.4 Å². The van der Waals surface area contributed by atoms with Crippen molar-refractivity contribution in [2.45, 2.75) is 59.4 Å². The molecule has 1 aliphatic heterocycles. The Labute approximate surface area is 111 Å². The minimum atomic E-state index is 0.648. The van der Waals surface area contributed by atoms with Gasteiger partial charge in [0, 0.05) is 18.3 Å². The van der Waals surface area contributed by atoms with E-state index in [1.807, 2.05) is 11.8 Å². The van der Waals surface area contributed by atoms with Gasteiger partial charge in [0.25, 0.3) is 0 Å². The van der Waals surface area contributed by atoms with Gasteiger partial charge in [-0.1, -0.05) is 52.3 Å². The van der Waals surface area contributed by atoms with Crippen molar-refractivity contribution >= 4 is 16.9 Å². The van der Waals surface area contributed by atoms with Crippen LogP contribution in [-0.2, 0) is 0 Å². The van der Waals surface area contributed by atoms with Crippen LogP contribution in [0.15, 0.2) is 4.99 Å². The van der Waals surface area contributed by atoms with E-state index >= 15 is 0 Å². The lowest BCUT2D eigenvalue weighted by Gasteiger charge is -2.11. The van der Waals surface area contributed by atoms with Gasteiger partial charge in [0.2, 0.25) is 0 Å². The normalized spacial score (nSPS) is 22.7. The Morgan fingerprint density at radius 2 is 2.00 bits per heavy atom. The average molecular weight is 256 g/mol. The predicted molar refractivity (Wildman–Crippen MR) is 79.8 cm³/mol. The van der Waals surface area contributed by atoms with Gasteiger partial charge in [-0.05, 0) is 24.7 Å². The van der Waals surface area contributed by atoms with E-state index in [4.69, 9.17) is 0 Å². The molecule has 17 heavy (non-hydrogen) atoms. The van der Waals surface area contributed by atoms with Crippen molar-refractivity contribution in [3.05, 3.63) is 0 Å². The van der Waals surface area contributed by atoms with Crippen molar-refractivity contribution in [3.63, 3.8) is 0 Å². The van der Waals surface area contributed by atoms with Crippen LogP contribution in [-0.4, -0.2) is 23.5 Å². The van der Waals surface area contributed by atoms with Gasteiger partial charge in [-0.25, -0.2) is 0 Å². The minimum Gasteiger partial charge on any atom is -0.361 e. The molecule has 1 fully saturated rings. The van der Waals surface area contributed by atoms with Crippen LogP contribution in [0.3, 0.4) is 0 Å². The van der Waals surface area contributed by atoms with Crippen LogP contribution in [0.4, 0.5) is 0 Å². The number of hydrogen-bond donors (Lipinski definition) is 1. The Morgan fingerprint density at radius 3 is 2.65 bits per heavy atom. The summed E-state index contributed by atoms with van der Waals surface area (Å²) in [4.78, 5) is 4.65. The first kappa shape index (κ1) is 14.9. The second kappa shape index (κ2) is 8.02. The fraction of sp³-hybridized carbons (Fsp3) is 0.929. The van der Waals surface area contributed by atoms with Crippen molar-refractivity contribution in [1.29, 1.82) is 0 Å². The first-order valence-corrected chi connectivity index (χ1v) is 8.00. The highest BCUT2D eigenvalue weighted by molar-refractivity contribution is 8.14. The quantitative estimate of drug-likeness (QED) is 0.698. The highest BCUT2D eigenvalue weighted by Gasteiger charge is 2.20. The Bertz CT molecular complexity index is 236. The van der Waals surface area contributed by atoms with Gasteiger partial charge < -0.3 is 5.32 Å². The first-order chi connectivity index (χ1) is 8.08. The van der Waals surface area contributed by atoms with Crippen LogP contribution in [0.25, 0.3) is 0 Å². The summed E-state index contributed by atoms with van der Waals surface area (Å²) in [6.45, 7) is 10.1. The van der Waals surface area contributed by atoms with Crippen molar-refractivity contribution in [2.75, 3.05) is 12.3 Å². The molecular formula is C14H28N2S. The van der Waals surface area contributed by atoms with Gasteiger partial charge in [0.05, 0.1) is 0 Å². The van der Waals surface area contributed by atoms with E-state index in [1.54, 1.807) is 0 Å². The third-order valence-electron chi connectivity index (χ3n) is 2.95. The SMILES string of the molecule is CC(C)CCCCN=C1NC(CC(C)C)CS1. The van der Waals surface area contributed by atoms with E-state index in [1.165, 1.54) is 36.6 Å². The van der Waals surface area contributed by atoms with Crippen molar-refractivity contribution in [2.24, 2.45) is 16.8 Å². The van der Waals surface area contributed by atoms with Crippen LogP contribution in [0, 0.1) is 11.8 Å². The molecule has 0 aromatic heterocycles. The number of aliphatic imine (C=N–C) groups is 1. The number of hydrogen-bond acceptors (Lipinski definition) is 2. The summed E-state index contributed by atoms with van der Waals surface area (Å²) in [6, 6.07) is 0.648. The number of unbranched alkanes of at least 4 members (excludes halogenated alkanes) is 1. The topological polar surface area (TPSA) is 24.4 Å². The second-order valence-corrected chi connectivity index (χ2v) is 6.87. The molecule has 1 atom stereocenters. The average Bonchev–Trinajstić information content (AvgIpc) is 2.63. The predicted octanol–water partition coefficient (Wildman–Crippen LogP) is 3.92. The molecule has 1 unspecified atom stereocenters. The Morgan fingerprint density at radius 1 is 1.24 bits per heavy atom. The molecule has 1 rings (SSSR count). The van der Waals surface area contributed by atoms with Crippen LogP contribution in [0.1, 0.15) is 53.4 Å². The summed E-state index contributed by atoms with van der Waals surface area (Å²) in [5.41, 5.74) is 0. The number of nitrogens with one attached hydrogen (secondary N) is 1. The zero-order valence-corrected chi connectivity index (χ0v) is 12.6. The Hall–Kier alpha value is -0.180. The molecule has 0 aliphatic carbocycles. The Kier molecular flexibility index (Phi) is 7.02. The molecule has 0 radical (unpaired) electrons. The van der Waals surface area contributed by atoms with Crippen molar-refractivity contribution < 1.29 is 0 Å². The molecule has 1 N–H and O–H groups in total. The molecule has 0 saturated carbocycles. The third-order valence-corrected chi connectivity index (χ3v) is 4.04. The number of rotatable bonds is 7. The highest BCUT2D eigenvalue weighted by Crippen LogP contribution is 2.19. The van der Waals surface area contributed by atoms with Crippen molar-refractivity contribution in [1.82, 2.24) is 5.32 Å². The molecule has 2 nitrogen and oxygen atoms in total. The molecule has 1 saturated heterocycles. The minimum absolute atomic E-state index is 0.648. The van der Waals surface area contributed by atoms with Gasteiger partial charge in [-0.15, -0.1) is 0 Å². The summed E-state index contributed by atoms with van der Waals surface area (Å²) < 4.78 is 0. The molecule has 0 aromatic rings. The molecule has 0 spiro atoms. The monoisotopic (exact) mass is 256 g/mol. The number of nitrogens with zero attached hydrogens (tertiary/aromatic N) is 1. The maximum atomic E-state index is 4.65. The summed E-state index contributed by atoms with van der Waals surface area (Å²) in [5.74, 6) is 2.80. The van der Waals surface area contributed by atoms with Gasteiger partial charge in [-0.3, -0.25) is 4.99 Å². The van der Waals surface area contributed by atoms with Gasteiger partial charge >= 0.3 is 0 Å². The van der Waals surface area contributed by atoms with Crippen molar-refractivity contribution in [3.8, 4) is 0 Å². The van der Waals surface area contributed by atoms with Crippen LogP contribution < -0.4 is 5.32 Å². The second-order valence-electron chi connectivity index (χ2n) is 5.86. The lowest BCUT2D eigenvalue weighted by Crippen LogP contribution is -2.28. The molecule has 0 bridgehead atoms. The zero-order chi connectivity index (χ0) is 12.7. The number of thioether (sulfide) groups is 1. The zero-order valence-electron chi connectivity index (χ0n) is 11.8. The largest absolute Gasteiger partial charge is 0.361 e. The summed E-state index contributed by atoms with van der Waals surface area (Å²) in [7, 11) is 0. The summed E-state index contributed by atoms with van der Waals surface area (Å²) >= 11 is 1.90. The van der Waals surface area contributed by atoms with E-state index in [-0.39, 0.29) is 0 Å². The van der Waals surface area contributed by atoms with E-state index in [2.05, 4.69) is 38.0 Å². The molecule has 1 aliphatic rings. The van der Waals surface area contributed by atoms with Gasteiger partial charge in [0.15, 0.2) is 5.17 Å². The fourth-order valence-corrected chi connectivity index (χ4v) is 3.08. The standard InChI is InChI=1S/C14H28N2S/c1-11(2)7-5-6-8-15-14-16-13(10-17-14)9-12(3)4/h11-13H,5-10H2,1-4H3,(H,15,16). The van der Waals surface area contributed by atoms with E-state index in [0.29, 0.717) is 6.04 Å². The maximum Gasteiger partial charge on any atom is 0.156 e. The summed E-state index contributed by atoms with van der Waals surface area (Å²) in [6.07, 6.45) is 5.15. The molecule has 1 heterocycles. The highest BCUT2D eigenvalue weighted by atomic mass is 32.2. The lowest BCUT2D eigenvalue weighted by atomic mass is 10.1. The van der Waals surface area contributed by atoms with Crippen LogP contribution in [0.5, 0.6) is 0 Å².